The minimum atomic E-state index is -0.158. The van der Waals surface area contributed by atoms with Crippen molar-refractivity contribution in [2.75, 3.05) is 13.7 Å². The highest BCUT2D eigenvalue weighted by atomic mass is 16.3. The first-order valence-corrected chi connectivity index (χ1v) is 7.52. The predicted molar refractivity (Wildman–Crippen MR) is 85.6 cm³/mol. The second-order valence-corrected chi connectivity index (χ2v) is 5.61. The van der Waals surface area contributed by atoms with Gasteiger partial charge in [-0.15, -0.1) is 0 Å². The third-order valence-corrected chi connectivity index (χ3v) is 3.75. The van der Waals surface area contributed by atoms with Crippen molar-refractivity contribution >= 4 is 5.91 Å². The number of amides is 1. The van der Waals surface area contributed by atoms with E-state index in [1.54, 1.807) is 28.9 Å². The lowest BCUT2D eigenvalue weighted by Crippen LogP contribution is -2.33. The van der Waals surface area contributed by atoms with Crippen molar-refractivity contribution in [3.8, 4) is 0 Å². The molecule has 1 N–H and O–H groups in total. The molecule has 1 aromatic heterocycles. The number of aliphatic hydroxyl groups excluding tert-OH is 1. The van der Waals surface area contributed by atoms with Crippen molar-refractivity contribution in [1.82, 2.24) is 14.7 Å². The first-order chi connectivity index (χ1) is 10.6. The summed E-state index contributed by atoms with van der Waals surface area (Å²) in [5.74, 6) is -0.0893. The zero-order valence-electron chi connectivity index (χ0n) is 13.3. The molecule has 0 aliphatic rings. The molecule has 2 rings (SSSR count). The van der Waals surface area contributed by atoms with Crippen LogP contribution in [0.4, 0.5) is 0 Å². The maximum Gasteiger partial charge on any atom is 0.272 e. The van der Waals surface area contributed by atoms with Crippen molar-refractivity contribution in [1.29, 1.82) is 0 Å². The molecule has 0 aliphatic heterocycles. The van der Waals surface area contributed by atoms with E-state index in [9.17, 15) is 9.90 Å². The quantitative estimate of drug-likeness (QED) is 0.892. The summed E-state index contributed by atoms with van der Waals surface area (Å²) in [5.41, 5.74) is 1.58. The zero-order valence-corrected chi connectivity index (χ0v) is 13.3. The molecule has 0 fully saturated rings. The summed E-state index contributed by atoms with van der Waals surface area (Å²) >= 11 is 0. The predicted octanol–water partition coefficient (Wildman–Crippen LogP) is 2.66. The van der Waals surface area contributed by atoms with Gasteiger partial charge in [-0.3, -0.25) is 9.48 Å². The Bertz CT molecular complexity index is 607. The molecule has 5 nitrogen and oxygen atoms in total. The van der Waals surface area contributed by atoms with Gasteiger partial charge in [0.25, 0.3) is 5.91 Å². The number of aliphatic hydroxyl groups is 1. The van der Waals surface area contributed by atoms with Gasteiger partial charge < -0.3 is 10.0 Å². The molecule has 0 spiro atoms. The Kier molecular flexibility index (Phi) is 5.33. The fourth-order valence-corrected chi connectivity index (χ4v) is 2.60. The van der Waals surface area contributed by atoms with Gasteiger partial charge in [-0.1, -0.05) is 30.3 Å². The van der Waals surface area contributed by atoms with Crippen molar-refractivity contribution in [3.63, 3.8) is 0 Å². The number of aromatic nitrogens is 2. The molecule has 0 saturated heterocycles. The molecule has 0 aliphatic carbocycles. The number of hydrogen-bond donors (Lipinski definition) is 1. The van der Waals surface area contributed by atoms with Gasteiger partial charge in [0.1, 0.15) is 5.69 Å². The Morgan fingerprint density at radius 1 is 1.27 bits per heavy atom. The molecule has 1 heterocycles. The summed E-state index contributed by atoms with van der Waals surface area (Å²) in [6.07, 6.45) is 2.15. The molecular formula is C17H23N3O2. The third-order valence-electron chi connectivity index (χ3n) is 3.75. The van der Waals surface area contributed by atoms with Crippen LogP contribution in [0.15, 0.2) is 42.6 Å². The summed E-state index contributed by atoms with van der Waals surface area (Å²) in [6.45, 7) is 4.01. The SMILES string of the molecule is CC(C)n1nccc1C(=O)N(C)C(CCO)c1ccccc1. The van der Waals surface area contributed by atoms with Crippen LogP contribution >= 0.6 is 0 Å². The summed E-state index contributed by atoms with van der Waals surface area (Å²) in [6, 6.07) is 11.5. The second kappa shape index (κ2) is 7.22. The van der Waals surface area contributed by atoms with Crippen LogP contribution in [0.2, 0.25) is 0 Å². The number of rotatable bonds is 6. The van der Waals surface area contributed by atoms with Gasteiger partial charge in [0.15, 0.2) is 0 Å². The molecule has 22 heavy (non-hydrogen) atoms. The monoisotopic (exact) mass is 301 g/mol. The molecule has 118 valence electrons. The highest BCUT2D eigenvalue weighted by Crippen LogP contribution is 2.24. The lowest BCUT2D eigenvalue weighted by Gasteiger charge is -2.28. The Balaban J connectivity index is 2.28. The zero-order chi connectivity index (χ0) is 16.1. The molecule has 0 bridgehead atoms. The van der Waals surface area contributed by atoms with Crippen LogP contribution in [0, 0.1) is 0 Å². The van der Waals surface area contributed by atoms with E-state index >= 15 is 0 Å². The fourth-order valence-electron chi connectivity index (χ4n) is 2.60. The number of nitrogens with zero attached hydrogens (tertiary/aromatic N) is 3. The molecule has 2 aromatic rings. The van der Waals surface area contributed by atoms with Crippen molar-refractivity contribution in [2.24, 2.45) is 0 Å². The molecule has 5 heteroatoms. The lowest BCUT2D eigenvalue weighted by molar-refractivity contribution is 0.0690. The smallest absolute Gasteiger partial charge is 0.272 e. The topological polar surface area (TPSA) is 58.4 Å². The molecule has 1 atom stereocenters. The highest BCUT2D eigenvalue weighted by Gasteiger charge is 2.25. The average molecular weight is 301 g/mol. The largest absolute Gasteiger partial charge is 0.396 e. The molecular weight excluding hydrogens is 278 g/mol. The Morgan fingerprint density at radius 3 is 2.55 bits per heavy atom. The molecule has 0 radical (unpaired) electrons. The standard InChI is InChI=1S/C17H23N3O2/c1-13(2)20-16(9-11-18-20)17(22)19(3)15(10-12-21)14-7-5-4-6-8-14/h4-9,11,13,15,21H,10,12H2,1-3H3. The van der Waals surface area contributed by atoms with Gasteiger partial charge in [0, 0.05) is 25.9 Å². The van der Waals surface area contributed by atoms with E-state index in [1.807, 2.05) is 44.2 Å². The minimum Gasteiger partial charge on any atom is -0.396 e. The minimum absolute atomic E-state index is 0.0284. The van der Waals surface area contributed by atoms with Gasteiger partial charge in [-0.25, -0.2) is 0 Å². The molecule has 1 unspecified atom stereocenters. The van der Waals surface area contributed by atoms with Gasteiger partial charge >= 0.3 is 0 Å². The fraction of sp³-hybridized carbons (Fsp3) is 0.412. The van der Waals surface area contributed by atoms with Crippen molar-refractivity contribution in [3.05, 3.63) is 53.9 Å². The van der Waals surface area contributed by atoms with E-state index < -0.39 is 0 Å². The van der Waals surface area contributed by atoms with E-state index in [4.69, 9.17) is 0 Å². The Hall–Kier alpha value is -2.14. The Labute approximate surface area is 131 Å². The maximum absolute atomic E-state index is 12.8. The van der Waals surface area contributed by atoms with Crippen molar-refractivity contribution < 1.29 is 9.90 Å². The highest BCUT2D eigenvalue weighted by molar-refractivity contribution is 5.92. The summed E-state index contributed by atoms with van der Waals surface area (Å²) in [4.78, 5) is 14.5. The number of carbonyl (C=O) groups excluding carboxylic acids is 1. The second-order valence-electron chi connectivity index (χ2n) is 5.61. The van der Waals surface area contributed by atoms with E-state index in [0.29, 0.717) is 12.1 Å². The molecule has 1 aromatic carbocycles. The van der Waals surface area contributed by atoms with Crippen LogP contribution in [0.5, 0.6) is 0 Å². The van der Waals surface area contributed by atoms with Crippen LogP contribution in [-0.2, 0) is 0 Å². The summed E-state index contributed by atoms with van der Waals surface area (Å²) in [5, 5.41) is 13.6. The summed E-state index contributed by atoms with van der Waals surface area (Å²) < 4.78 is 1.72. The van der Waals surface area contributed by atoms with Crippen molar-refractivity contribution in [2.45, 2.75) is 32.4 Å². The first kappa shape index (κ1) is 16.2. The van der Waals surface area contributed by atoms with Gasteiger partial charge in [-0.05, 0) is 31.9 Å². The van der Waals surface area contributed by atoms with E-state index in [0.717, 1.165) is 5.56 Å². The normalized spacial score (nSPS) is 12.4. The molecule has 0 saturated carbocycles. The van der Waals surface area contributed by atoms with Crippen LogP contribution in [0.1, 0.15) is 48.4 Å². The number of hydrogen-bond acceptors (Lipinski definition) is 3. The maximum atomic E-state index is 12.8. The van der Waals surface area contributed by atoms with E-state index in [-0.39, 0.29) is 24.6 Å². The average Bonchev–Trinajstić information content (AvgIpc) is 3.02. The van der Waals surface area contributed by atoms with Crippen LogP contribution < -0.4 is 0 Å². The number of benzene rings is 1. The number of carbonyl (C=O) groups is 1. The van der Waals surface area contributed by atoms with E-state index in [2.05, 4.69) is 5.10 Å². The lowest BCUT2D eigenvalue weighted by atomic mass is 10.0. The van der Waals surface area contributed by atoms with Gasteiger partial charge in [0.05, 0.1) is 6.04 Å². The van der Waals surface area contributed by atoms with E-state index in [1.165, 1.54) is 0 Å². The Morgan fingerprint density at radius 2 is 1.95 bits per heavy atom. The van der Waals surface area contributed by atoms with Gasteiger partial charge in [-0.2, -0.15) is 5.10 Å². The third kappa shape index (κ3) is 3.36. The summed E-state index contributed by atoms with van der Waals surface area (Å²) in [7, 11) is 1.77. The molecule has 1 amide bonds. The van der Waals surface area contributed by atoms with Crippen LogP contribution in [0.3, 0.4) is 0 Å². The first-order valence-electron chi connectivity index (χ1n) is 7.52. The van der Waals surface area contributed by atoms with Crippen LogP contribution in [-0.4, -0.2) is 39.3 Å². The van der Waals surface area contributed by atoms with Gasteiger partial charge in [0.2, 0.25) is 0 Å². The van der Waals surface area contributed by atoms with Crippen LogP contribution in [0.25, 0.3) is 0 Å².